The van der Waals surface area contributed by atoms with E-state index in [0.717, 1.165) is 24.0 Å². The second-order valence-corrected chi connectivity index (χ2v) is 4.19. The first kappa shape index (κ1) is 12.5. The van der Waals surface area contributed by atoms with Crippen molar-refractivity contribution < 1.29 is 9.13 Å². The van der Waals surface area contributed by atoms with E-state index < -0.39 is 0 Å². The quantitative estimate of drug-likeness (QED) is 0.767. The lowest BCUT2D eigenvalue weighted by molar-refractivity contribution is 0.347. The predicted molar refractivity (Wildman–Crippen MR) is 63.1 cm³/mol. The first-order valence-corrected chi connectivity index (χ1v) is 5.86. The molecule has 0 heterocycles. The van der Waals surface area contributed by atoms with Gasteiger partial charge in [-0.2, -0.15) is 0 Å². The Morgan fingerprint density at radius 2 is 2.20 bits per heavy atom. The Kier molecular flexibility index (Phi) is 5.05. The monoisotopic (exact) mass is 275 g/mol. The smallest absolute Gasteiger partial charge is 0.165 e. The summed E-state index contributed by atoms with van der Waals surface area (Å²) in [7, 11) is 3.47. The van der Waals surface area contributed by atoms with E-state index in [1.807, 2.05) is 13.1 Å². The summed E-state index contributed by atoms with van der Waals surface area (Å²) in [4.78, 5) is 2.12. The number of hydrogen-bond acceptors (Lipinski definition) is 2. The fourth-order valence-corrected chi connectivity index (χ4v) is 1.95. The Labute approximate surface area is 98.2 Å². The molecule has 84 valence electrons. The fourth-order valence-electron chi connectivity index (χ4n) is 1.34. The number of halogens is 2. The lowest BCUT2D eigenvalue weighted by atomic mass is 10.2. The Balaban J connectivity index is 2.66. The van der Waals surface area contributed by atoms with Gasteiger partial charge in [-0.15, -0.1) is 0 Å². The summed E-state index contributed by atoms with van der Waals surface area (Å²) in [6.07, 6.45) is 0. The summed E-state index contributed by atoms with van der Waals surface area (Å²) in [5.41, 5.74) is 0.955. The zero-order valence-corrected chi connectivity index (χ0v) is 10.6. The minimum atomic E-state index is -0.303. The molecule has 2 nitrogen and oxygen atoms in total. The predicted octanol–water partition coefficient (Wildman–Crippen LogP) is 2.66. The zero-order valence-electron chi connectivity index (χ0n) is 8.96. The van der Waals surface area contributed by atoms with E-state index >= 15 is 0 Å². The highest BCUT2D eigenvalue weighted by atomic mass is 79.9. The number of benzene rings is 1. The molecule has 0 fully saturated rings. The Bertz CT molecular complexity index is 319. The molecule has 1 aromatic carbocycles. The number of alkyl halides is 1. The minimum absolute atomic E-state index is 0.293. The third-order valence-electron chi connectivity index (χ3n) is 2.13. The Hall–Kier alpha value is -0.610. The number of ether oxygens (including phenoxy) is 1. The highest BCUT2D eigenvalue weighted by molar-refractivity contribution is 9.09. The number of hydrogen-bond donors (Lipinski definition) is 0. The molecule has 0 aliphatic heterocycles. The Morgan fingerprint density at radius 3 is 2.73 bits per heavy atom. The largest absolute Gasteiger partial charge is 0.494 e. The highest BCUT2D eigenvalue weighted by Crippen LogP contribution is 2.18. The molecule has 0 bridgehead atoms. The summed E-state index contributed by atoms with van der Waals surface area (Å²) in [6.45, 7) is 1.68. The van der Waals surface area contributed by atoms with Crippen LogP contribution in [0.25, 0.3) is 0 Å². The van der Waals surface area contributed by atoms with Crippen molar-refractivity contribution in [3.8, 4) is 5.75 Å². The molecule has 0 aliphatic carbocycles. The van der Waals surface area contributed by atoms with E-state index in [9.17, 15) is 4.39 Å². The van der Waals surface area contributed by atoms with Crippen LogP contribution in [0.15, 0.2) is 18.2 Å². The maximum Gasteiger partial charge on any atom is 0.165 e. The van der Waals surface area contributed by atoms with Crippen LogP contribution in [0.3, 0.4) is 0 Å². The van der Waals surface area contributed by atoms with Gasteiger partial charge in [-0.1, -0.05) is 22.0 Å². The average molecular weight is 276 g/mol. The van der Waals surface area contributed by atoms with Gasteiger partial charge in [0.05, 0.1) is 7.11 Å². The first-order valence-electron chi connectivity index (χ1n) is 4.74. The maximum absolute atomic E-state index is 13.3. The molecule has 0 spiro atoms. The van der Waals surface area contributed by atoms with Gasteiger partial charge < -0.3 is 9.64 Å². The molecule has 1 aromatic rings. The van der Waals surface area contributed by atoms with Crippen molar-refractivity contribution in [1.82, 2.24) is 4.90 Å². The second kappa shape index (κ2) is 6.08. The summed E-state index contributed by atoms with van der Waals surface area (Å²) in [5, 5.41) is 0.919. The summed E-state index contributed by atoms with van der Waals surface area (Å²) in [6, 6.07) is 5.06. The van der Waals surface area contributed by atoms with Crippen LogP contribution in [-0.2, 0) is 6.54 Å². The lowest BCUT2D eigenvalue weighted by Crippen LogP contribution is -2.19. The normalized spacial score (nSPS) is 10.7. The first-order chi connectivity index (χ1) is 7.17. The summed E-state index contributed by atoms with van der Waals surface area (Å²) >= 11 is 3.36. The van der Waals surface area contributed by atoms with Crippen LogP contribution in [0.4, 0.5) is 4.39 Å². The van der Waals surface area contributed by atoms with Crippen molar-refractivity contribution in [2.45, 2.75) is 6.54 Å². The van der Waals surface area contributed by atoms with E-state index in [1.165, 1.54) is 13.2 Å². The minimum Gasteiger partial charge on any atom is -0.494 e. The third-order valence-corrected chi connectivity index (χ3v) is 2.49. The van der Waals surface area contributed by atoms with Crippen LogP contribution in [0.2, 0.25) is 0 Å². The van der Waals surface area contributed by atoms with Gasteiger partial charge in [0, 0.05) is 18.4 Å². The molecule has 0 saturated carbocycles. The van der Waals surface area contributed by atoms with Crippen molar-refractivity contribution in [2.75, 3.05) is 26.0 Å². The fraction of sp³-hybridized carbons (Fsp3) is 0.455. The average Bonchev–Trinajstić information content (AvgIpc) is 2.18. The van der Waals surface area contributed by atoms with E-state index in [0.29, 0.717) is 5.75 Å². The van der Waals surface area contributed by atoms with Gasteiger partial charge in [-0.05, 0) is 24.7 Å². The molecule has 1 rings (SSSR count). The molecule has 0 N–H and O–H groups in total. The lowest BCUT2D eigenvalue weighted by Gasteiger charge is -2.15. The molecule has 0 aromatic heterocycles. The van der Waals surface area contributed by atoms with Gasteiger partial charge in [0.2, 0.25) is 0 Å². The highest BCUT2D eigenvalue weighted by Gasteiger charge is 2.05. The molecule has 0 radical (unpaired) electrons. The maximum atomic E-state index is 13.3. The van der Waals surface area contributed by atoms with Crippen LogP contribution in [-0.4, -0.2) is 30.9 Å². The molecule has 0 saturated heterocycles. The summed E-state index contributed by atoms with van der Waals surface area (Å²) in [5.74, 6) is -0.0101. The van der Waals surface area contributed by atoms with E-state index in [1.54, 1.807) is 6.07 Å². The van der Waals surface area contributed by atoms with Crippen LogP contribution in [0.5, 0.6) is 5.75 Å². The molecule has 4 heteroatoms. The zero-order chi connectivity index (χ0) is 11.3. The van der Waals surface area contributed by atoms with Gasteiger partial charge in [0.25, 0.3) is 0 Å². The number of methoxy groups -OCH3 is 1. The van der Waals surface area contributed by atoms with Crippen molar-refractivity contribution in [2.24, 2.45) is 0 Å². The number of rotatable bonds is 5. The van der Waals surface area contributed by atoms with Gasteiger partial charge in [0.15, 0.2) is 11.6 Å². The van der Waals surface area contributed by atoms with Gasteiger partial charge in [-0.3, -0.25) is 0 Å². The van der Waals surface area contributed by atoms with Crippen LogP contribution >= 0.6 is 15.9 Å². The third kappa shape index (κ3) is 3.80. The molecular weight excluding hydrogens is 261 g/mol. The second-order valence-electron chi connectivity index (χ2n) is 3.40. The van der Waals surface area contributed by atoms with Crippen LogP contribution < -0.4 is 4.74 Å². The van der Waals surface area contributed by atoms with E-state index in [4.69, 9.17) is 4.74 Å². The van der Waals surface area contributed by atoms with Crippen molar-refractivity contribution in [3.05, 3.63) is 29.6 Å². The van der Waals surface area contributed by atoms with E-state index in [-0.39, 0.29) is 5.82 Å². The SMILES string of the molecule is COc1ccc(CN(C)CCBr)cc1F. The molecule has 0 amide bonds. The number of nitrogens with zero attached hydrogens (tertiary/aromatic N) is 1. The van der Waals surface area contributed by atoms with Crippen molar-refractivity contribution in [3.63, 3.8) is 0 Å². The van der Waals surface area contributed by atoms with Crippen LogP contribution in [0.1, 0.15) is 5.56 Å². The van der Waals surface area contributed by atoms with Gasteiger partial charge >= 0.3 is 0 Å². The molecule has 0 aliphatic rings. The van der Waals surface area contributed by atoms with Gasteiger partial charge in [0.1, 0.15) is 0 Å². The van der Waals surface area contributed by atoms with E-state index in [2.05, 4.69) is 20.8 Å². The molecular formula is C11H15BrFNO. The Morgan fingerprint density at radius 1 is 1.47 bits per heavy atom. The molecule has 0 unspecified atom stereocenters. The topological polar surface area (TPSA) is 12.5 Å². The summed E-state index contributed by atoms with van der Waals surface area (Å²) < 4.78 is 18.2. The van der Waals surface area contributed by atoms with Crippen molar-refractivity contribution in [1.29, 1.82) is 0 Å². The van der Waals surface area contributed by atoms with Crippen LogP contribution in [0, 0.1) is 5.82 Å². The van der Waals surface area contributed by atoms with Crippen molar-refractivity contribution >= 4 is 15.9 Å². The standard InChI is InChI=1S/C11H15BrFNO/c1-14(6-5-12)8-9-3-4-11(15-2)10(13)7-9/h3-4,7H,5-6,8H2,1-2H3. The van der Waals surface area contributed by atoms with Gasteiger partial charge in [-0.25, -0.2) is 4.39 Å². The molecule has 0 atom stereocenters. The molecule has 15 heavy (non-hydrogen) atoms.